The Morgan fingerprint density at radius 3 is 1.47 bits per heavy atom. The third-order valence-corrected chi connectivity index (χ3v) is 8.66. The van der Waals surface area contributed by atoms with Crippen molar-refractivity contribution >= 4 is 0 Å². The van der Waals surface area contributed by atoms with E-state index in [1.54, 1.807) is 0 Å². The molecule has 0 bridgehead atoms. The molecule has 6 rings (SSSR count). The second-order valence-electron chi connectivity index (χ2n) is 16.5. The summed E-state index contributed by atoms with van der Waals surface area (Å²) in [6.45, 7) is 33.9. The molecule has 0 radical (unpaired) electrons. The average Bonchev–Trinajstić information content (AvgIpc) is 3.91. The first kappa shape index (κ1) is 50.1. The molecule has 0 saturated heterocycles. The molecule has 57 heavy (non-hydrogen) atoms. The average molecular weight is 778 g/mol. The van der Waals surface area contributed by atoms with Gasteiger partial charge in [-0.1, -0.05) is 95.2 Å². The van der Waals surface area contributed by atoms with E-state index in [1.165, 1.54) is 39.6 Å². The molecule has 0 saturated carbocycles. The second-order valence-corrected chi connectivity index (χ2v) is 16.5. The zero-order chi connectivity index (χ0) is 43.2. The molecule has 0 amide bonds. The molecule has 1 N–H and O–H groups in total. The minimum absolute atomic E-state index is 0.542. The van der Waals surface area contributed by atoms with Crippen molar-refractivity contribution in [2.24, 2.45) is 14.1 Å². The van der Waals surface area contributed by atoms with Crippen molar-refractivity contribution in [1.29, 1.82) is 0 Å². The maximum Gasteiger partial charge on any atom is 0.103 e. The summed E-state index contributed by atoms with van der Waals surface area (Å²) in [5.41, 5.74) is 10.8. The molecule has 0 aliphatic heterocycles. The van der Waals surface area contributed by atoms with E-state index in [2.05, 4.69) is 162 Å². The Balaban J connectivity index is 0.000000342. The van der Waals surface area contributed by atoms with Crippen molar-refractivity contribution in [3.05, 3.63) is 143 Å². The summed E-state index contributed by atoms with van der Waals surface area (Å²) in [5.74, 6) is 4.31. The van der Waals surface area contributed by atoms with Crippen LogP contribution in [-0.4, -0.2) is 44.0 Å². The van der Waals surface area contributed by atoms with Crippen LogP contribution >= 0.6 is 0 Å². The molecule has 0 fully saturated rings. The monoisotopic (exact) mass is 778 g/mol. The van der Waals surface area contributed by atoms with E-state index in [4.69, 9.17) is 0 Å². The molecule has 0 aromatic carbocycles. The molecule has 0 atom stereocenters. The zero-order valence-corrected chi connectivity index (χ0v) is 38.6. The summed E-state index contributed by atoms with van der Waals surface area (Å²) < 4.78 is 4.01. The fraction of sp³-hybridized carbons (Fsp3) is 0.500. The highest BCUT2D eigenvalue weighted by Crippen LogP contribution is 2.14. The maximum atomic E-state index is 4.37. The van der Waals surface area contributed by atoms with Crippen LogP contribution in [0.5, 0.6) is 0 Å². The number of aryl methyl sites for hydroxylation is 6. The van der Waals surface area contributed by atoms with Gasteiger partial charge in [-0.2, -0.15) is 0 Å². The molecular weight excluding hydrogens is 703 g/mol. The van der Waals surface area contributed by atoms with Gasteiger partial charge in [0.15, 0.2) is 0 Å². The summed E-state index contributed by atoms with van der Waals surface area (Å²) in [6, 6.07) is 14.5. The maximum absolute atomic E-state index is 4.37. The number of nitrogens with zero attached hydrogens (tertiary/aromatic N) is 8. The molecule has 0 unspecified atom stereocenters. The van der Waals surface area contributed by atoms with Crippen LogP contribution in [0.1, 0.15) is 175 Å². The number of hydrogen-bond acceptors (Lipinski definition) is 6. The molecule has 312 valence electrons. The molecule has 9 heteroatoms. The van der Waals surface area contributed by atoms with Gasteiger partial charge in [0.05, 0.1) is 18.3 Å². The Labute approximate surface area is 346 Å². The molecule has 0 aliphatic carbocycles. The third-order valence-electron chi connectivity index (χ3n) is 8.66. The summed E-state index contributed by atoms with van der Waals surface area (Å²) in [4.78, 5) is 28.3. The minimum Gasteiger partial charge on any atom is -0.346 e. The number of aromatic amines is 1. The summed E-state index contributed by atoms with van der Waals surface area (Å²) in [6.07, 6.45) is 13.3. The normalized spacial score (nSPS) is 10.5. The number of aromatic nitrogens is 9. The third kappa shape index (κ3) is 20.7. The van der Waals surface area contributed by atoms with E-state index >= 15 is 0 Å². The highest BCUT2D eigenvalue weighted by molar-refractivity contribution is 5.17. The Hall–Kier alpha value is -4.92. The Kier molecular flexibility index (Phi) is 22.9. The van der Waals surface area contributed by atoms with Crippen molar-refractivity contribution in [1.82, 2.24) is 44.0 Å². The van der Waals surface area contributed by atoms with Gasteiger partial charge in [-0.25, -0.2) is 15.0 Å². The minimum atomic E-state index is 0.542. The van der Waals surface area contributed by atoms with Crippen LogP contribution in [0.4, 0.5) is 0 Å². The fourth-order valence-electron chi connectivity index (χ4n) is 4.97. The second kappa shape index (κ2) is 26.1. The number of nitrogens with one attached hydrogen (secondary N) is 1. The Bertz CT molecular complexity index is 1830. The van der Waals surface area contributed by atoms with Gasteiger partial charge in [0.2, 0.25) is 0 Å². The van der Waals surface area contributed by atoms with Crippen LogP contribution < -0.4 is 0 Å². The predicted molar refractivity (Wildman–Crippen MR) is 241 cm³/mol. The quantitative estimate of drug-likeness (QED) is 0.181. The number of pyridine rings is 3. The van der Waals surface area contributed by atoms with E-state index in [1.807, 2.05) is 92.8 Å². The summed E-state index contributed by atoms with van der Waals surface area (Å²) in [7, 11) is 4.00. The van der Waals surface area contributed by atoms with Crippen LogP contribution in [0.25, 0.3) is 0 Å². The summed E-state index contributed by atoms with van der Waals surface area (Å²) >= 11 is 0. The Morgan fingerprint density at radius 2 is 1.16 bits per heavy atom. The van der Waals surface area contributed by atoms with Crippen molar-refractivity contribution in [2.75, 3.05) is 0 Å². The molecule has 6 aromatic heterocycles. The highest BCUT2D eigenvalue weighted by atomic mass is 15.0. The van der Waals surface area contributed by atoms with Crippen LogP contribution in [0.15, 0.2) is 86.1 Å². The standard InChI is InChI=1S/3C9H13N.3C7H12N2/c1-7(2)9-6-8(3)4-5-10-9;1-7(2)9-5-4-8(3)6-10-9;1-7(2)9-6-4-5-8(3)10-9;1-6(2)7-4-9(3)5-8-7;1-6(2)7-4-8-5-9(7)3;1-5(2)7-4-8-6(3)9-7/h3*4-7H,1-3H3;2*4-6H,1-3H3;4-5H,1-3H3,(H,8,9). The lowest BCUT2D eigenvalue weighted by Gasteiger charge is -2.03. The lowest BCUT2D eigenvalue weighted by Crippen LogP contribution is -1.95. The number of H-pyrrole nitrogens is 1. The summed E-state index contributed by atoms with van der Waals surface area (Å²) in [5, 5.41) is 0. The van der Waals surface area contributed by atoms with E-state index in [0.717, 1.165) is 17.2 Å². The highest BCUT2D eigenvalue weighted by Gasteiger charge is 2.03. The van der Waals surface area contributed by atoms with Crippen molar-refractivity contribution < 1.29 is 0 Å². The molecular formula is C48H75N9. The molecule has 6 heterocycles. The van der Waals surface area contributed by atoms with Gasteiger partial charge in [0.1, 0.15) is 5.82 Å². The zero-order valence-electron chi connectivity index (χ0n) is 38.6. The predicted octanol–water partition coefficient (Wildman–Crippen LogP) is 12.5. The lowest BCUT2D eigenvalue weighted by atomic mass is 10.1. The molecule has 9 nitrogen and oxygen atoms in total. The van der Waals surface area contributed by atoms with Crippen molar-refractivity contribution in [3.63, 3.8) is 0 Å². The van der Waals surface area contributed by atoms with Crippen LogP contribution in [0.2, 0.25) is 0 Å². The van der Waals surface area contributed by atoms with Crippen LogP contribution in [0, 0.1) is 27.7 Å². The number of rotatable bonds is 6. The number of imidazole rings is 3. The van der Waals surface area contributed by atoms with Gasteiger partial charge in [-0.15, -0.1) is 0 Å². The fourth-order valence-corrected chi connectivity index (χ4v) is 4.97. The molecule has 0 spiro atoms. The first-order valence-corrected chi connectivity index (χ1v) is 20.5. The van der Waals surface area contributed by atoms with Gasteiger partial charge in [0.25, 0.3) is 0 Å². The van der Waals surface area contributed by atoms with Crippen LogP contribution in [-0.2, 0) is 14.1 Å². The van der Waals surface area contributed by atoms with E-state index in [9.17, 15) is 0 Å². The lowest BCUT2D eigenvalue weighted by molar-refractivity contribution is 0.740. The van der Waals surface area contributed by atoms with E-state index < -0.39 is 0 Å². The smallest absolute Gasteiger partial charge is 0.103 e. The van der Waals surface area contributed by atoms with E-state index in [0.29, 0.717) is 35.5 Å². The van der Waals surface area contributed by atoms with Crippen molar-refractivity contribution in [2.45, 2.75) is 146 Å². The van der Waals surface area contributed by atoms with Gasteiger partial charge in [0, 0.05) is 79.2 Å². The van der Waals surface area contributed by atoms with Gasteiger partial charge < -0.3 is 14.1 Å². The van der Waals surface area contributed by atoms with E-state index in [-0.39, 0.29) is 0 Å². The van der Waals surface area contributed by atoms with Gasteiger partial charge in [-0.3, -0.25) is 15.0 Å². The topological polar surface area (TPSA) is 103 Å². The molecule has 0 aliphatic rings. The Morgan fingerprint density at radius 1 is 0.526 bits per heavy atom. The number of hydrogen-bond donors (Lipinski definition) is 1. The van der Waals surface area contributed by atoms with Crippen LogP contribution in [0.3, 0.4) is 0 Å². The largest absolute Gasteiger partial charge is 0.346 e. The van der Waals surface area contributed by atoms with Crippen molar-refractivity contribution in [3.8, 4) is 0 Å². The van der Waals surface area contributed by atoms with Gasteiger partial charge >= 0.3 is 0 Å². The first-order chi connectivity index (χ1) is 26.7. The first-order valence-electron chi connectivity index (χ1n) is 20.5. The molecule has 6 aromatic rings. The SMILES string of the molecule is CC(C)c1cn(C)cn1.CC(C)c1cncn1C.Cc1ccc(C(C)C)nc1.Cc1cccc(C(C)C)n1.Cc1ccnc(C(C)C)c1.Cc1ncc(C(C)C)[nH]1. The van der Waals surface area contributed by atoms with Gasteiger partial charge in [-0.05, 0) is 105 Å².